The molecule has 2 N–H and O–H groups in total. The normalized spacial score (nSPS) is 11.8. The first-order chi connectivity index (χ1) is 14.2. The third-order valence-electron chi connectivity index (χ3n) is 3.88. The number of rotatable bonds is 4. The Morgan fingerprint density at radius 3 is 2.53 bits per heavy atom. The van der Waals surface area contributed by atoms with Crippen LogP contribution in [0.15, 0.2) is 47.6 Å². The van der Waals surface area contributed by atoms with Crippen molar-refractivity contribution in [2.24, 2.45) is 10.7 Å². The molecule has 0 radical (unpaired) electrons. The van der Waals surface area contributed by atoms with Gasteiger partial charge in [-0.2, -0.15) is 18.3 Å². The van der Waals surface area contributed by atoms with Crippen LogP contribution in [0, 0.1) is 6.92 Å². The summed E-state index contributed by atoms with van der Waals surface area (Å²) < 4.78 is 42.4. The highest BCUT2D eigenvalue weighted by molar-refractivity contribution is 6.30. The fourth-order valence-electron chi connectivity index (χ4n) is 2.60. The molecule has 0 bridgehead atoms. The molecule has 0 amide bonds. The molecular weight excluding hydrogens is 423 g/mol. The molecule has 11 heteroatoms. The fraction of sp³-hybridized carbons (Fsp3) is 0.158. The summed E-state index contributed by atoms with van der Waals surface area (Å²) in [4.78, 5) is 20.6. The van der Waals surface area contributed by atoms with Crippen LogP contribution in [-0.2, 0) is 4.74 Å². The van der Waals surface area contributed by atoms with E-state index in [2.05, 4.69) is 19.8 Å². The van der Waals surface area contributed by atoms with Crippen molar-refractivity contribution in [2.75, 3.05) is 6.61 Å². The van der Waals surface area contributed by atoms with Gasteiger partial charge in [-0.3, -0.25) is 4.98 Å². The van der Waals surface area contributed by atoms with Gasteiger partial charge in [-0.15, -0.1) is 4.68 Å². The van der Waals surface area contributed by atoms with Gasteiger partial charge in [0.1, 0.15) is 5.69 Å². The lowest BCUT2D eigenvalue weighted by Gasteiger charge is -2.08. The van der Waals surface area contributed by atoms with E-state index >= 15 is 0 Å². The Labute approximate surface area is 174 Å². The van der Waals surface area contributed by atoms with Crippen molar-refractivity contribution in [1.29, 1.82) is 0 Å². The molecule has 0 saturated carbocycles. The first kappa shape index (κ1) is 21.3. The number of hydrogen-bond acceptors (Lipinski definition) is 5. The van der Waals surface area contributed by atoms with Crippen LogP contribution in [0.2, 0.25) is 5.02 Å². The summed E-state index contributed by atoms with van der Waals surface area (Å²) in [6.45, 7) is 0.0694. The molecule has 1 aromatic carbocycles. The number of hydrogen-bond donors (Lipinski definition) is 1. The van der Waals surface area contributed by atoms with Gasteiger partial charge < -0.3 is 10.5 Å². The molecule has 2 heterocycles. The van der Waals surface area contributed by atoms with E-state index in [0.29, 0.717) is 26.5 Å². The number of aliphatic imine (C=N–C) groups is 1. The second-order valence-corrected chi connectivity index (χ2v) is 6.57. The van der Waals surface area contributed by atoms with Crippen molar-refractivity contribution in [3.63, 3.8) is 0 Å². The van der Waals surface area contributed by atoms with Gasteiger partial charge in [-0.1, -0.05) is 29.8 Å². The maximum Gasteiger partial charge on any atom is 0.437 e. The van der Waals surface area contributed by atoms with Crippen molar-refractivity contribution in [2.45, 2.75) is 13.1 Å². The Morgan fingerprint density at radius 2 is 1.97 bits per heavy atom. The Kier molecular flexibility index (Phi) is 6.06. The van der Waals surface area contributed by atoms with Crippen molar-refractivity contribution < 1.29 is 22.7 Å². The number of carbonyl (C=O) groups is 1. The zero-order chi connectivity index (χ0) is 21.9. The average Bonchev–Trinajstić information content (AvgIpc) is 3.06. The Hall–Kier alpha value is -3.40. The number of nitrogens with zero attached hydrogens (tertiary/aromatic N) is 4. The van der Waals surface area contributed by atoms with Crippen LogP contribution < -0.4 is 5.73 Å². The van der Waals surface area contributed by atoms with E-state index in [-0.39, 0.29) is 11.5 Å². The van der Waals surface area contributed by atoms with Crippen LogP contribution in [0.1, 0.15) is 5.56 Å². The maximum absolute atomic E-state index is 12.5. The summed E-state index contributed by atoms with van der Waals surface area (Å²) in [6, 6.07) is 9.96. The van der Waals surface area contributed by atoms with Crippen molar-refractivity contribution in [3.05, 3.63) is 53.2 Å². The molecular formula is C19H15ClF3N5O2. The van der Waals surface area contributed by atoms with E-state index in [4.69, 9.17) is 17.3 Å². The molecule has 30 heavy (non-hydrogen) atoms. The van der Waals surface area contributed by atoms with Gasteiger partial charge in [0.15, 0.2) is 12.4 Å². The van der Waals surface area contributed by atoms with Crippen LogP contribution in [0.5, 0.6) is 0 Å². The van der Waals surface area contributed by atoms with Gasteiger partial charge in [0.2, 0.25) is 0 Å². The Bertz CT molecular complexity index is 1080. The molecule has 0 atom stereocenters. The maximum atomic E-state index is 12.5. The van der Waals surface area contributed by atoms with E-state index in [1.54, 1.807) is 42.6 Å². The van der Waals surface area contributed by atoms with Crippen LogP contribution >= 0.6 is 11.6 Å². The SMILES string of the molecule is Cc1ccc(-c2nn(C(=O)OCC(F)(F)F)c(/N=C\N)c2-c2ccc(Cl)cc2)nc1. The summed E-state index contributed by atoms with van der Waals surface area (Å²) in [5.41, 5.74) is 7.76. The number of halogens is 4. The molecule has 7 nitrogen and oxygen atoms in total. The number of aromatic nitrogens is 3. The smallest absolute Gasteiger partial charge is 0.437 e. The highest BCUT2D eigenvalue weighted by atomic mass is 35.5. The summed E-state index contributed by atoms with van der Waals surface area (Å²) in [7, 11) is 0. The lowest BCUT2D eigenvalue weighted by molar-refractivity contribution is -0.160. The third kappa shape index (κ3) is 4.77. The quantitative estimate of drug-likeness (QED) is 0.470. The first-order valence-electron chi connectivity index (χ1n) is 8.49. The molecule has 0 aliphatic rings. The second-order valence-electron chi connectivity index (χ2n) is 6.13. The van der Waals surface area contributed by atoms with Gasteiger partial charge in [0.25, 0.3) is 0 Å². The average molecular weight is 438 g/mol. The number of aryl methyl sites for hydroxylation is 1. The first-order valence-corrected chi connectivity index (χ1v) is 8.87. The topological polar surface area (TPSA) is 95.4 Å². The molecule has 3 aromatic rings. The largest absolute Gasteiger partial charge is 0.438 e. The summed E-state index contributed by atoms with van der Waals surface area (Å²) in [5.74, 6) is -0.107. The highest BCUT2D eigenvalue weighted by Crippen LogP contribution is 2.39. The molecule has 0 spiro atoms. The monoisotopic (exact) mass is 437 g/mol. The molecule has 0 aliphatic carbocycles. The van der Waals surface area contributed by atoms with Gasteiger partial charge in [0.05, 0.1) is 17.6 Å². The predicted octanol–water partition coefficient (Wildman–Crippen LogP) is 4.74. The Balaban J connectivity index is 2.20. The summed E-state index contributed by atoms with van der Waals surface area (Å²) in [5, 5.41) is 4.61. The van der Waals surface area contributed by atoms with E-state index in [1.807, 2.05) is 6.92 Å². The Morgan fingerprint density at radius 1 is 1.27 bits per heavy atom. The third-order valence-corrected chi connectivity index (χ3v) is 4.13. The molecule has 0 fully saturated rings. The number of carbonyl (C=O) groups excluding carboxylic acids is 1. The van der Waals surface area contributed by atoms with Crippen LogP contribution in [0.3, 0.4) is 0 Å². The fourth-order valence-corrected chi connectivity index (χ4v) is 2.73. The van der Waals surface area contributed by atoms with Crippen LogP contribution in [-0.4, -0.2) is 40.0 Å². The molecule has 0 unspecified atom stereocenters. The molecule has 0 saturated heterocycles. The lowest BCUT2D eigenvalue weighted by Crippen LogP contribution is -2.24. The summed E-state index contributed by atoms with van der Waals surface area (Å²) in [6.07, 6.45) is -3.56. The van der Waals surface area contributed by atoms with E-state index in [9.17, 15) is 18.0 Å². The van der Waals surface area contributed by atoms with Crippen LogP contribution in [0.25, 0.3) is 22.5 Å². The predicted molar refractivity (Wildman–Crippen MR) is 106 cm³/mol. The van der Waals surface area contributed by atoms with Gasteiger partial charge in [0, 0.05) is 11.2 Å². The van der Waals surface area contributed by atoms with E-state index in [1.165, 1.54) is 0 Å². The minimum absolute atomic E-state index is 0.107. The zero-order valence-corrected chi connectivity index (χ0v) is 16.3. The molecule has 156 valence electrons. The van der Waals surface area contributed by atoms with E-state index < -0.39 is 18.9 Å². The second kappa shape index (κ2) is 8.54. The lowest BCUT2D eigenvalue weighted by atomic mass is 10.0. The highest BCUT2D eigenvalue weighted by Gasteiger charge is 2.32. The van der Waals surface area contributed by atoms with Crippen molar-refractivity contribution >= 4 is 29.9 Å². The number of ether oxygens (including phenoxy) is 1. The number of benzene rings is 1. The molecule has 0 aliphatic heterocycles. The standard InChI is InChI=1S/C19H15ClF3N5O2/c1-11-2-7-14(25-8-11)16-15(12-3-5-13(20)6-4-12)17(26-10-24)28(27-16)18(29)30-9-19(21,22)23/h2-8,10H,9H2,1H3,(H2,24,26). The molecule has 2 aromatic heterocycles. The minimum Gasteiger partial charge on any atom is -0.438 e. The van der Waals surface area contributed by atoms with Crippen molar-refractivity contribution in [1.82, 2.24) is 14.8 Å². The van der Waals surface area contributed by atoms with E-state index in [0.717, 1.165) is 11.9 Å². The molecule has 3 rings (SSSR count). The number of nitrogens with two attached hydrogens (primary N) is 1. The number of alkyl halides is 3. The zero-order valence-electron chi connectivity index (χ0n) is 15.5. The van der Waals surface area contributed by atoms with Crippen LogP contribution in [0.4, 0.5) is 23.8 Å². The number of pyridine rings is 1. The summed E-state index contributed by atoms with van der Waals surface area (Å²) >= 11 is 5.95. The van der Waals surface area contributed by atoms with Crippen molar-refractivity contribution in [3.8, 4) is 22.5 Å². The van der Waals surface area contributed by atoms with Gasteiger partial charge in [-0.25, -0.2) is 9.79 Å². The minimum atomic E-state index is -4.69. The van der Waals surface area contributed by atoms with Gasteiger partial charge >= 0.3 is 12.3 Å². The van der Waals surface area contributed by atoms with Gasteiger partial charge in [-0.05, 0) is 36.2 Å².